The summed E-state index contributed by atoms with van der Waals surface area (Å²) in [6, 6.07) is 9.14. The minimum atomic E-state index is 0.213. The molecule has 1 amide bonds. The first kappa shape index (κ1) is 19.9. The Bertz CT molecular complexity index is 691. The van der Waals surface area contributed by atoms with Gasteiger partial charge in [-0.1, -0.05) is 57.9 Å². The Morgan fingerprint density at radius 3 is 2.50 bits per heavy atom. The van der Waals surface area contributed by atoms with Crippen LogP contribution >= 0.6 is 0 Å². The molecule has 0 radical (unpaired) electrons. The molecule has 2 aliphatic carbocycles. The lowest BCUT2D eigenvalue weighted by molar-refractivity contribution is -0.125. The van der Waals surface area contributed by atoms with E-state index < -0.39 is 0 Å². The summed E-state index contributed by atoms with van der Waals surface area (Å²) >= 11 is 0. The summed E-state index contributed by atoms with van der Waals surface area (Å²) in [6.07, 6.45) is 9.39. The summed E-state index contributed by atoms with van der Waals surface area (Å²) in [5.74, 6) is 0.555. The Kier molecular flexibility index (Phi) is 5.57. The van der Waals surface area contributed by atoms with Gasteiger partial charge in [0.2, 0.25) is 5.91 Å². The van der Waals surface area contributed by atoms with Gasteiger partial charge in [-0.25, -0.2) is 0 Å². The third-order valence-electron chi connectivity index (χ3n) is 7.54. The first-order valence-electron chi connectivity index (χ1n) is 11.5. The summed E-state index contributed by atoms with van der Waals surface area (Å²) in [7, 11) is 0. The fourth-order valence-electron chi connectivity index (χ4n) is 5.67. The van der Waals surface area contributed by atoms with Crippen molar-refractivity contribution < 1.29 is 4.79 Å². The average molecular weight is 383 g/mol. The molecule has 3 aliphatic rings. The highest BCUT2D eigenvalue weighted by atomic mass is 16.1. The van der Waals surface area contributed by atoms with Gasteiger partial charge in [0.25, 0.3) is 0 Å². The first-order valence-corrected chi connectivity index (χ1v) is 11.5. The molecule has 3 nitrogen and oxygen atoms in total. The van der Waals surface area contributed by atoms with E-state index in [4.69, 9.17) is 0 Å². The molecule has 1 aromatic rings. The maximum atomic E-state index is 12.8. The van der Waals surface area contributed by atoms with E-state index in [1.165, 1.54) is 62.9 Å². The SMILES string of the molecule is CC(C)(C)CCN1CCC2(CC1)C[C@H](NC(=O)C1CCCC1)c1ccccc12. The lowest BCUT2D eigenvalue weighted by atomic mass is 9.73. The van der Waals surface area contributed by atoms with Gasteiger partial charge in [0, 0.05) is 11.3 Å². The topological polar surface area (TPSA) is 32.3 Å². The summed E-state index contributed by atoms with van der Waals surface area (Å²) in [5, 5.41) is 3.45. The number of likely N-dealkylation sites (tertiary alicyclic amines) is 1. The van der Waals surface area contributed by atoms with Crippen molar-refractivity contribution in [2.75, 3.05) is 19.6 Å². The van der Waals surface area contributed by atoms with E-state index in [1.54, 1.807) is 0 Å². The van der Waals surface area contributed by atoms with Crippen molar-refractivity contribution in [3.63, 3.8) is 0 Å². The molecule has 1 aromatic carbocycles. The Morgan fingerprint density at radius 2 is 1.82 bits per heavy atom. The molecule has 0 unspecified atom stereocenters. The number of nitrogens with zero attached hydrogens (tertiary/aromatic N) is 1. The molecule has 28 heavy (non-hydrogen) atoms. The second-order valence-corrected chi connectivity index (χ2v) is 10.8. The summed E-state index contributed by atoms with van der Waals surface area (Å²) < 4.78 is 0. The molecule has 1 aliphatic heterocycles. The first-order chi connectivity index (χ1) is 13.4. The van der Waals surface area contributed by atoms with Crippen LogP contribution in [0.5, 0.6) is 0 Å². The highest BCUT2D eigenvalue weighted by Gasteiger charge is 2.46. The van der Waals surface area contributed by atoms with E-state index in [9.17, 15) is 4.79 Å². The largest absolute Gasteiger partial charge is 0.349 e. The van der Waals surface area contributed by atoms with Crippen LogP contribution in [-0.4, -0.2) is 30.4 Å². The van der Waals surface area contributed by atoms with Crippen molar-refractivity contribution in [3.05, 3.63) is 35.4 Å². The van der Waals surface area contributed by atoms with Crippen LogP contribution < -0.4 is 5.32 Å². The molecule has 0 aromatic heterocycles. The Balaban J connectivity index is 1.43. The van der Waals surface area contributed by atoms with Gasteiger partial charge in [0.05, 0.1) is 6.04 Å². The van der Waals surface area contributed by atoms with Gasteiger partial charge in [-0.15, -0.1) is 0 Å². The van der Waals surface area contributed by atoms with Crippen LogP contribution in [-0.2, 0) is 10.2 Å². The van der Waals surface area contributed by atoms with Gasteiger partial charge in [0.1, 0.15) is 0 Å². The molecule has 1 atom stereocenters. The van der Waals surface area contributed by atoms with Crippen LogP contribution in [0.3, 0.4) is 0 Å². The van der Waals surface area contributed by atoms with Crippen LogP contribution in [0, 0.1) is 11.3 Å². The molecule has 0 bridgehead atoms. The van der Waals surface area contributed by atoms with Crippen LogP contribution in [0.4, 0.5) is 0 Å². The fourth-order valence-corrected chi connectivity index (χ4v) is 5.67. The molecule has 3 heteroatoms. The van der Waals surface area contributed by atoms with Crippen molar-refractivity contribution in [3.8, 4) is 0 Å². The fraction of sp³-hybridized carbons (Fsp3) is 0.720. The van der Waals surface area contributed by atoms with Gasteiger partial charge >= 0.3 is 0 Å². The number of rotatable bonds is 4. The number of benzene rings is 1. The van der Waals surface area contributed by atoms with Crippen molar-refractivity contribution in [1.82, 2.24) is 10.2 Å². The number of hydrogen-bond donors (Lipinski definition) is 1. The lowest BCUT2D eigenvalue weighted by Gasteiger charge is -2.41. The predicted molar refractivity (Wildman–Crippen MR) is 115 cm³/mol. The number of hydrogen-bond acceptors (Lipinski definition) is 2. The normalized spacial score (nSPS) is 25.2. The average Bonchev–Trinajstić information content (AvgIpc) is 3.29. The molecule has 4 rings (SSSR count). The van der Waals surface area contributed by atoms with Crippen molar-refractivity contribution in [2.24, 2.45) is 11.3 Å². The van der Waals surface area contributed by atoms with Gasteiger partial charge < -0.3 is 10.2 Å². The maximum Gasteiger partial charge on any atom is 0.223 e. The third-order valence-corrected chi connectivity index (χ3v) is 7.54. The number of piperidine rings is 1. The predicted octanol–water partition coefficient (Wildman–Crippen LogP) is 5.21. The molecule has 1 heterocycles. The molecule has 1 spiro atoms. The second-order valence-electron chi connectivity index (χ2n) is 10.8. The van der Waals surface area contributed by atoms with E-state index in [0.29, 0.717) is 11.3 Å². The second kappa shape index (κ2) is 7.82. The van der Waals surface area contributed by atoms with Crippen LogP contribution in [0.15, 0.2) is 24.3 Å². The van der Waals surface area contributed by atoms with Crippen molar-refractivity contribution >= 4 is 5.91 Å². The lowest BCUT2D eigenvalue weighted by Crippen LogP contribution is -2.43. The smallest absolute Gasteiger partial charge is 0.223 e. The minimum Gasteiger partial charge on any atom is -0.349 e. The molecule has 1 saturated carbocycles. The van der Waals surface area contributed by atoms with Crippen molar-refractivity contribution in [2.45, 2.75) is 83.6 Å². The van der Waals surface area contributed by atoms with Crippen LogP contribution in [0.25, 0.3) is 0 Å². The Labute approximate surface area is 171 Å². The summed E-state index contributed by atoms with van der Waals surface area (Å²) in [5.41, 5.74) is 3.58. The highest BCUT2D eigenvalue weighted by molar-refractivity contribution is 5.79. The van der Waals surface area contributed by atoms with E-state index in [-0.39, 0.29) is 17.4 Å². The summed E-state index contributed by atoms with van der Waals surface area (Å²) in [6.45, 7) is 10.6. The molecular formula is C25H38N2O. The van der Waals surface area contributed by atoms with E-state index >= 15 is 0 Å². The number of amides is 1. The summed E-state index contributed by atoms with van der Waals surface area (Å²) in [4.78, 5) is 15.5. The number of carbonyl (C=O) groups is 1. The maximum absolute atomic E-state index is 12.8. The van der Waals surface area contributed by atoms with Crippen LogP contribution in [0.2, 0.25) is 0 Å². The number of carbonyl (C=O) groups excluding carboxylic acids is 1. The van der Waals surface area contributed by atoms with Crippen molar-refractivity contribution in [1.29, 1.82) is 0 Å². The Morgan fingerprint density at radius 1 is 1.14 bits per heavy atom. The monoisotopic (exact) mass is 382 g/mol. The minimum absolute atomic E-state index is 0.213. The van der Waals surface area contributed by atoms with E-state index in [2.05, 4.69) is 55.3 Å². The molecule has 154 valence electrons. The molecular weight excluding hydrogens is 344 g/mol. The quantitative estimate of drug-likeness (QED) is 0.775. The molecule has 1 saturated heterocycles. The van der Waals surface area contributed by atoms with Gasteiger partial charge in [-0.05, 0) is 74.7 Å². The standard InChI is InChI=1S/C25H38N2O/c1-24(2,3)12-15-27-16-13-25(14-17-27)18-22(20-10-6-7-11-21(20)25)26-23(28)19-8-4-5-9-19/h6-7,10-11,19,22H,4-5,8-9,12-18H2,1-3H3,(H,26,28)/t22-/m0/s1. The van der Waals surface area contributed by atoms with Crippen LogP contribution in [0.1, 0.15) is 89.3 Å². The number of fused-ring (bicyclic) bond motifs is 2. The zero-order valence-corrected chi connectivity index (χ0v) is 18.1. The zero-order chi connectivity index (χ0) is 19.8. The van der Waals surface area contributed by atoms with Gasteiger partial charge in [0.15, 0.2) is 0 Å². The molecule has 1 N–H and O–H groups in total. The third kappa shape index (κ3) is 4.15. The zero-order valence-electron chi connectivity index (χ0n) is 18.1. The number of nitrogens with one attached hydrogen (secondary N) is 1. The van der Waals surface area contributed by atoms with Gasteiger partial charge in [-0.2, -0.15) is 0 Å². The van der Waals surface area contributed by atoms with Gasteiger partial charge in [-0.3, -0.25) is 4.79 Å². The van der Waals surface area contributed by atoms with E-state index in [1.807, 2.05) is 0 Å². The highest BCUT2D eigenvalue weighted by Crippen LogP contribution is 2.51. The van der Waals surface area contributed by atoms with E-state index in [0.717, 1.165) is 19.3 Å². The molecule has 2 fully saturated rings. The Hall–Kier alpha value is -1.35.